The molecule has 1 aliphatic rings. The van der Waals surface area contributed by atoms with E-state index in [4.69, 9.17) is 0 Å². The van der Waals surface area contributed by atoms with Gasteiger partial charge >= 0.3 is 6.18 Å². The van der Waals surface area contributed by atoms with Crippen molar-refractivity contribution in [1.82, 2.24) is 5.32 Å². The molecule has 5 nitrogen and oxygen atoms in total. The number of hydrogen-bond acceptors (Lipinski definition) is 3. The molecule has 0 atom stereocenters. The Morgan fingerprint density at radius 2 is 2.08 bits per heavy atom. The number of halogens is 3. The van der Waals surface area contributed by atoms with E-state index in [1.165, 1.54) is 6.92 Å². The van der Waals surface area contributed by atoms with Crippen LogP contribution in [-0.2, 0) is 16.0 Å². The van der Waals surface area contributed by atoms with Crippen LogP contribution in [0.1, 0.15) is 29.3 Å². The molecule has 0 aromatic heterocycles. The molecule has 0 fully saturated rings. The number of nitrogens with zero attached hydrogens (tertiary/aromatic N) is 1. The van der Waals surface area contributed by atoms with Gasteiger partial charge in [-0.25, -0.2) is 0 Å². The van der Waals surface area contributed by atoms with Crippen molar-refractivity contribution in [2.45, 2.75) is 25.9 Å². The van der Waals surface area contributed by atoms with Gasteiger partial charge in [-0.15, -0.1) is 0 Å². The van der Waals surface area contributed by atoms with Gasteiger partial charge in [0.25, 0.3) is 5.91 Å². The number of alkyl halides is 3. The summed E-state index contributed by atoms with van der Waals surface area (Å²) in [5, 5.41) is 2.64. The van der Waals surface area contributed by atoms with Crippen molar-refractivity contribution in [1.29, 1.82) is 0 Å². The molecular weight excluding hydrogens is 325 g/mol. The van der Waals surface area contributed by atoms with Crippen molar-refractivity contribution in [2.75, 3.05) is 31.2 Å². The van der Waals surface area contributed by atoms with Gasteiger partial charge < -0.3 is 15.0 Å². The minimum Gasteiger partial charge on any atom is -0.372 e. The zero-order valence-electron chi connectivity index (χ0n) is 13.3. The number of nitrogens with one attached hydrogen (secondary N) is 1. The van der Waals surface area contributed by atoms with Crippen molar-refractivity contribution in [2.24, 2.45) is 0 Å². The van der Waals surface area contributed by atoms with Gasteiger partial charge in [0, 0.05) is 37.9 Å². The van der Waals surface area contributed by atoms with Crippen LogP contribution in [0.4, 0.5) is 18.9 Å². The predicted molar refractivity (Wildman–Crippen MR) is 82.0 cm³/mol. The standard InChI is InChI=1S/C16H19F3N2O3/c1-11(22)21-7-5-12-9-13(3-4-14(12)21)15(23)20-6-2-8-24-10-16(17,18)19/h3-4,9H,2,5-8,10H2,1H3,(H,20,23). The van der Waals surface area contributed by atoms with Crippen molar-refractivity contribution < 1.29 is 27.5 Å². The molecule has 2 rings (SSSR count). The summed E-state index contributed by atoms with van der Waals surface area (Å²) >= 11 is 0. The lowest BCUT2D eigenvalue weighted by molar-refractivity contribution is -0.173. The van der Waals surface area contributed by atoms with Gasteiger partial charge in [-0.2, -0.15) is 13.2 Å². The zero-order chi connectivity index (χ0) is 17.7. The Morgan fingerprint density at radius 3 is 2.75 bits per heavy atom. The van der Waals surface area contributed by atoms with Crippen LogP contribution in [0.3, 0.4) is 0 Å². The van der Waals surface area contributed by atoms with E-state index in [0.717, 1.165) is 11.3 Å². The van der Waals surface area contributed by atoms with Crippen molar-refractivity contribution in [3.8, 4) is 0 Å². The van der Waals surface area contributed by atoms with Crippen LogP contribution in [0.15, 0.2) is 18.2 Å². The minimum absolute atomic E-state index is 0.0372. The van der Waals surface area contributed by atoms with Crippen LogP contribution in [0.5, 0.6) is 0 Å². The van der Waals surface area contributed by atoms with E-state index < -0.39 is 12.8 Å². The van der Waals surface area contributed by atoms with E-state index in [-0.39, 0.29) is 25.0 Å². The van der Waals surface area contributed by atoms with Gasteiger partial charge in [0.1, 0.15) is 6.61 Å². The van der Waals surface area contributed by atoms with Gasteiger partial charge in [-0.3, -0.25) is 9.59 Å². The highest BCUT2D eigenvalue weighted by atomic mass is 19.4. The first-order valence-corrected chi connectivity index (χ1v) is 7.61. The molecule has 0 unspecified atom stereocenters. The fourth-order valence-corrected chi connectivity index (χ4v) is 2.54. The SMILES string of the molecule is CC(=O)N1CCc2cc(C(=O)NCCCOCC(F)(F)F)ccc21. The minimum atomic E-state index is -4.33. The van der Waals surface area contributed by atoms with E-state index >= 15 is 0 Å². The maximum Gasteiger partial charge on any atom is 0.411 e. The molecule has 1 heterocycles. The zero-order valence-corrected chi connectivity index (χ0v) is 13.3. The van der Waals surface area contributed by atoms with Crippen molar-refractivity contribution in [3.63, 3.8) is 0 Å². The molecule has 0 spiro atoms. The third-order valence-electron chi connectivity index (χ3n) is 3.63. The molecule has 1 aromatic carbocycles. The Balaban J connectivity index is 1.79. The van der Waals surface area contributed by atoms with Gasteiger partial charge in [0.2, 0.25) is 5.91 Å². The maximum absolute atomic E-state index is 12.0. The van der Waals surface area contributed by atoms with E-state index in [2.05, 4.69) is 10.1 Å². The molecule has 1 N–H and O–H groups in total. The summed E-state index contributed by atoms with van der Waals surface area (Å²) in [6.45, 7) is 0.978. The monoisotopic (exact) mass is 344 g/mol. The summed E-state index contributed by atoms with van der Waals surface area (Å²) in [5.41, 5.74) is 2.22. The van der Waals surface area contributed by atoms with E-state index in [1.54, 1.807) is 23.1 Å². The molecule has 1 aromatic rings. The molecule has 8 heteroatoms. The molecule has 132 valence electrons. The molecule has 0 radical (unpaired) electrons. The summed E-state index contributed by atoms with van der Waals surface area (Å²) in [4.78, 5) is 25.2. The number of benzene rings is 1. The Morgan fingerprint density at radius 1 is 1.33 bits per heavy atom. The Kier molecular flexibility index (Phi) is 5.82. The first-order valence-electron chi connectivity index (χ1n) is 7.61. The third kappa shape index (κ3) is 4.95. The molecule has 1 aliphatic heterocycles. The largest absolute Gasteiger partial charge is 0.411 e. The number of carbonyl (C=O) groups is 2. The molecular formula is C16H19F3N2O3. The normalized spacial score (nSPS) is 13.8. The second-order valence-corrected chi connectivity index (χ2v) is 5.54. The fourth-order valence-electron chi connectivity index (χ4n) is 2.54. The molecule has 0 bridgehead atoms. The lowest BCUT2D eigenvalue weighted by atomic mass is 10.1. The van der Waals surface area contributed by atoms with Crippen LogP contribution in [0.25, 0.3) is 0 Å². The Hall–Kier alpha value is -2.09. The number of ether oxygens (including phenoxy) is 1. The Labute approximate surface area is 137 Å². The number of fused-ring (bicyclic) bond motifs is 1. The smallest absolute Gasteiger partial charge is 0.372 e. The second-order valence-electron chi connectivity index (χ2n) is 5.54. The van der Waals surface area contributed by atoms with Gasteiger partial charge in [-0.05, 0) is 36.6 Å². The summed E-state index contributed by atoms with van der Waals surface area (Å²) in [6.07, 6.45) is -3.34. The molecule has 0 saturated carbocycles. The van der Waals surface area contributed by atoms with Gasteiger partial charge in [0.05, 0.1) is 0 Å². The van der Waals surface area contributed by atoms with E-state index in [9.17, 15) is 22.8 Å². The highest BCUT2D eigenvalue weighted by molar-refractivity contribution is 5.97. The van der Waals surface area contributed by atoms with Crippen LogP contribution >= 0.6 is 0 Å². The average molecular weight is 344 g/mol. The molecule has 24 heavy (non-hydrogen) atoms. The van der Waals surface area contributed by atoms with Gasteiger partial charge in [-0.1, -0.05) is 0 Å². The highest BCUT2D eigenvalue weighted by Gasteiger charge is 2.27. The first-order chi connectivity index (χ1) is 11.3. The molecule has 2 amide bonds. The maximum atomic E-state index is 12.0. The van der Waals surface area contributed by atoms with E-state index in [0.29, 0.717) is 24.9 Å². The van der Waals surface area contributed by atoms with Crippen LogP contribution in [-0.4, -0.2) is 44.3 Å². The second kappa shape index (κ2) is 7.65. The number of anilines is 1. The topological polar surface area (TPSA) is 58.6 Å². The van der Waals surface area contributed by atoms with Gasteiger partial charge in [0.15, 0.2) is 0 Å². The van der Waals surface area contributed by atoms with Crippen LogP contribution in [0, 0.1) is 0 Å². The summed E-state index contributed by atoms with van der Waals surface area (Å²) in [7, 11) is 0. The van der Waals surface area contributed by atoms with Crippen LogP contribution in [0.2, 0.25) is 0 Å². The number of hydrogen-bond donors (Lipinski definition) is 1. The summed E-state index contributed by atoms with van der Waals surface area (Å²) in [6, 6.07) is 5.12. The number of rotatable bonds is 6. The Bertz CT molecular complexity index is 617. The quantitative estimate of drug-likeness (QED) is 0.806. The summed E-state index contributed by atoms with van der Waals surface area (Å²) in [5.74, 6) is -0.334. The first kappa shape index (κ1) is 18.3. The third-order valence-corrected chi connectivity index (χ3v) is 3.63. The molecule has 0 aliphatic carbocycles. The number of amides is 2. The number of carbonyl (C=O) groups excluding carboxylic acids is 2. The fraction of sp³-hybridized carbons (Fsp3) is 0.500. The van der Waals surface area contributed by atoms with E-state index in [1.807, 2.05) is 0 Å². The van der Waals surface area contributed by atoms with Crippen LogP contribution < -0.4 is 10.2 Å². The molecule has 0 saturated heterocycles. The lowest BCUT2D eigenvalue weighted by Crippen LogP contribution is -2.26. The lowest BCUT2D eigenvalue weighted by Gasteiger charge is -2.14. The highest BCUT2D eigenvalue weighted by Crippen LogP contribution is 2.28. The predicted octanol–water partition coefficient (Wildman–Crippen LogP) is 2.29. The van der Waals surface area contributed by atoms with Crippen molar-refractivity contribution >= 4 is 17.5 Å². The van der Waals surface area contributed by atoms with Crippen molar-refractivity contribution in [3.05, 3.63) is 29.3 Å². The summed E-state index contributed by atoms with van der Waals surface area (Å²) < 4.78 is 40.1. The average Bonchev–Trinajstić information content (AvgIpc) is 2.92.